The van der Waals surface area contributed by atoms with Crippen LogP contribution in [-0.2, 0) is 13.1 Å². The molecule has 0 radical (unpaired) electrons. The van der Waals surface area contributed by atoms with Crippen LogP contribution < -0.4 is 31.9 Å². The molecule has 0 unspecified atom stereocenters. The van der Waals surface area contributed by atoms with Crippen molar-refractivity contribution in [1.82, 2.24) is 51.7 Å². The molecule has 0 bridgehead atoms. The van der Waals surface area contributed by atoms with Crippen LogP contribution in [0.5, 0.6) is 0 Å². The smallest absolute Gasteiger partial charge is 0.0727 e. The fourth-order valence-electron chi connectivity index (χ4n) is 4.65. The van der Waals surface area contributed by atoms with Gasteiger partial charge in [0.15, 0.2) is 0 Å². The van der Waals surface area contributed by atoms with E-state index in [1.807, 2.05) is 12.4 Å². The van der Waals surface area contributed by atoms with Crippen LogP contribution >= 0.6 is 12.4 Å². The molecule has 3 heterocycles. The number of aromatic nitrogens is 2. The zero-order valence-electron chi connectivity index (χ0n) is 22.9. The summed E-state index contributed by atoms with van der Waals surface area (Å²) < 4.78 is 0. The maximum Gasteiger partial charge on any atom is 0.0727 e. The lowest BCUT2D eigenvalue weighted by Crippen LogP contribution is -2.37. The number of hydrogen-bond donors (Lipinski definition) is 6. The van der Waals surface area contributed by atoms with E-state index in [0.717, 1.165) is 142 Å². The van der Waals surface area contributed by atoms with Crippen LogP contribution in [0.4, 0.5) is 0 Å². The molecule has 3 rings (SSSR count). The Hall–Kier alpha value is -0.950. The highest BCUT2D eigenvalue weighted by Crippen LogP contribution is 2.05. The molecule has 2 aliphatic heterocycles. The van der Waals surface area contributed by atoms with Crippen LogP contribution in [0, 0.1) is 0 Å². The second-order valence-electron chi connectivity index (χ2n) is 9.97. The standard InChI is InChI=1S/C26H52N10.ClH/c1-5-27-11-13-29-9-3-17-35(19-15-31-7-1)23-25-21-34-26(22-33-25)24-36-18-4-10-30-14-12-28-6-2-8-32-16-20-36;/h21-22,27-32H,1-20,23-24H2;1H. The predicted molar refractivity (Wildman–Crippen MR) is 156 cm³/mol. The average Bonchev–Trinajstić information content (AvgIpc) is 2.89. The van der Waals surface area contributed by atoms with E-state index in [1.54, 1.807) is 0 Å². The van der Waals surface area contributed by atoms with Crippen LogP contribution in [0.25, 0.3) is 0 Å². The summed E-state index contributed by atoms with van der Waals surface area (Å²) in [5.74, 6) is 0. The summed E-state index contributed by atoms with van der Waals surface area (Å²) >= 11 is 0. The summed E-state index contributed by atoms with van der Waals surface area (Å²) in [6.45, 7) is 18.6. The number of halogens is 1. The molecule has 0 aliphatic carbocycles. The normalized spacial score (nSPS) is 22.3. The summed E-state index contributed by atoms with van der Waals surface area (Å²) in [7, 11) is 0. The number of nitrogens with zero attached hydrogens (tertiary/aromatic N) is 4. The Labute approximate surface area is 231 Å². The molecule has 214 valence electrons. The Bertz CT molecular complexity index is 568. The minimum absolute atomic E-state index is 0. The molecule has 37 heavy (non-hydrogen) atoms. The van der Waals surface area contributed by atoms with E-state index in [9.17, 15) is 0 Å². The van der Waals surface area contributed by atoms with Gasteiger partial charge in [-0.2, -0.15) is 0 Å². The van der Waals surface area contributed by atoms with E-state index in [2.05, 4.69) is 41.7 Å². The van der Waals surface area contributed by atoms with Gasteiger partial charge in [0.25, 0.3) is 0 Å². The Morgan fingerprint density at radius 3 is 1.19 bits per heavy atom. The van der Waals surface area contributed by atoms with E-state index >= 15 is 0 Å². The van der Waals surface area contributed by atoms with E-state index in [1.165, 1.54) is 12.8 Å². The molecular weight excluding hydrogens is 488 g/mol. The molecule has 0 saturated carbocycles. The van der Waals surface area contributed by atoms with Gasteiger partial charge < -0.3 is 31.9 Å². The van der Waals surface area contributed by atoms with Gasteiger partial charge in [-0.05, 0) is 78.0 Å². The summed E-state index contributed by atoms with van der Waals surface area (Å²) in [5.41, 5.74) is 2.13. The third-order valence-corrected chi connectivity index (χ3v) is 6.77. The van der Waals surface area contributed by atoms with Crippen LogP contribution in [0.3, 0.4) is 0 Å². The number of hydrogen-bond acceptors (Lipinski definition) is 10. The fourth-order valence-corrected chi connectivity index (χ4v) is 4.65. The first-order chi connectivity index (χ1) is 17.9. The lowest BCUT2D eigenvalue weighted by Gasteiger charge is -2.24. The van der Waals surface area contributed by atoms with Gasteiger partial charge in [-0.25, -0.2) is 0 Å². The second kappa shape index (κ2) is 21.9. The monoisotopic (exact) mass is 540 g/mol. The van der Waals surface area contributed by atoms with Crippen molar-refractivity contribution in [2.75, 3.05) is 105 Å². The third kappa shape index (κ3) is 15.9. The second-order valence-corrected chi connectivity index (χ2v) is 9.97. The van der Waals surface area contributed by atoms with Crippen LogP contribution in [0.2, 0.25) is 0 Å². The molecule has 0 aromatic carbocycles. The maximum atomic E-state index is 4.81. The van der Waals surface area contributed by atoms with Crippen molar-refractivity contribution in [3.8, 4) is 0 Å². The van der Waals surface area contributed by atoms with Gasteiger partial charge in [0.05, 0.1) is 23.8 Å². The van der Waals surface area contributed by atoms with E-state index in [-0.39, 0.29) is 12.4 Å². The molecule has 2 fully saturated rings. The lowest BCUT2D eigenvalue weighted by atomic mass is 10.3. The average molecular weight is 541 g/mol. The van der Waals surface area contributed by atoms with Crippen LogP contribution in [-0.4, -0.2) is 124 Å². The molecule has 2 saturated heterocycles. The fraction of sp³-hybridized carbons (Fsp3) is 0.846. The molecule has 0 atom stereocenters. The molecule has 10 nitrogen and oxygen atoms in total. The van der Waals surface area contributed by atoms with Crippen molar-refractivity contribution in [1.29, 1.82) is 0 Å². The summed E-state index contributed by atoms with van der Waals surface area (Å²) in [6.07, 6.45) is 8.64. The van der Waals surface area contributed by atoms with Crippen LogP contribution in [0.15, 0.2) is 12.4 Å². The number of rotatable bonds is 4. The van der Waals surface area contributed by atoms with Crippen molar-refractivity contribution in [2.45, 2.75) is 38.8 Å². The Morgan fingerprint density at radius 2 is 0.811 bits per heavy atom. The maximum absolute atomic E-state index is 4.81. The van der Waals surface area contributed by atoms with Gasteiger partial charge in [-0.3, -0.25) is 19.8 Å². The molecular formula is C26H53ClN10. The van der Waals surface area contributed by atoms with Gasteiger partial charge in [-0.15, -0.1) is 12.4 Å². The van der Waals surface area contributed by atoms with Gasteiger partial charge in [-0.1, -0.05) is 0 Å². The van der Waals surface area contributed by atoms with E-state index in [4.69, 9.17) is 9.97 Å². The third-order valence-electron chi connectivity index (χ3n) is 6.77. The van der Waals surface area contributed by atoms with E-state index < -0.39 is 0 Å². The molecule has 0 amide bonds. The van der Waals surface area contributed by atoms with Crippen molar-refractivity contribution >= 4 is 12.4 Å². The zero-order valence-corrected chi connectivity index (χ0v) is 23.7. The first kappa shape index (κ1) is 32.3. The Morgan fingerprint density at radius 1 is 0.459 bits per heavy atom. The van der Waals surface area contributed by atoms with Gasteiger partial charge in [0.1, 0.15) is 0 Å². The molecule has 1 aromatic rings. The van der Waals surface area contributed by atoms with Crippen molar-refractivity contribution in [3.63, 3.8) is 0 Å². The summed E-state index contributed by atoms with van der Waals surface area (Å²) in [6, 6.07) is 0. The first-order valence-electron chi connectivity index (χ1n) is 14.4. The zero-order chi connectivity index (χ0) is 24.9. The topological polar surface area (TPSA) is 104 Å². The lowest BCUT2D eigenvalue weighted by molar-refractivity contribution is 0.253. The van der Waals surface area contributed by atoms with E-state index in [0.29, 0.717) is 0 Å². The highest BCUT2D eigenvalue weighted by atomic mass is 35.5. The van der Waals surface area contributed by atoms with Gasteiger partial charge in [0.2, 0.25) is 0 Å². The van der Waals surface area contributed by atoms with Crippen molar-refractivity contribution in [2.24, 2.45) is 0 Å². The quantitative estimate of drug-likeness (QED) is 0.303. The first-order valence-corrected chi connectivity index (χ1v) is 14.4. The predicted octanol–water partition coefficient (Wildman–Crippen LogP) is -0.372. The number of nitrogens with one attached hydrogen (secondary N) is 6. The summed E-state index contributed by atoms with van der Waals surface area (Å²) in [4.78, 5) is 14.6. The minimum atomic E-state index is 0. The van der Waals surface area contributed by atoms with Gasteiger partial charge in [0, 0.05) is 65.4 Å². The summed E-state index contributed by atoms with van der Waals surface area (Å²) in [5, 5.41) is 21.3. The molecule has 0 spiro atoms. The van der Waals surface area contributed by atoms with Crippen LogP contribution in [0.1, 0.15) is 37.1 Å². The molecule has 1 aromatic heterocycles. The SMILES string of the molecule is Cl.c1nc(CN2CCCNCCNCCCNCC2)cnc1CN1CCCNCCNCCCNCC1. The largest absolute Gasteiger partial charge is 0.315 e. The highest BCUT2D eigenvalue weighted by molar-refractivity contribution is 5.85. The Kier molecular flexibility index (Phi) is 19.1. The van der Waals surface area contributed by atoms with Crippen molar-refractivity contribution in [3.05, 3.63) is 23.8 Å². The highest BCUT2D eigenvalue weighted by Gasteiger charge is 2.11. The Balaban J connectivity index is 0.00000481. The molecule has 11 heteroatoms. The van der Waals surface area contributed by atoms with Gasteiger partial charge >= 0.3 is 0 Å². The molecule has 6 N–H and O–H groups in total. The molecule has 2 aliphatic rings. The minimum Gasteiger partial charge on any atom is -0.315 e. The van der Waals surface area contributed by atoms with Crippen molar-refractivity contribution < 1.29 is 0 Å².